The average Bonchev–Trinajstić information content (AvgIpc) is 2.85. The maximum atomic E-state index is 11.2. The first-order chi connectivity index (χ1) is 9.19. The first-order valence-corrected chi connectivity index (χ1v) is 8.28. The van der Waals surface area contributed by atoms with Gasteiger partial charge in [-0.15, -0.1) is 10.2 Å². The van der Waals surface area contributed by atoms with Crippen molar-refractivity contribution in [1.29, 1.82) is 0 Å². The van der Waals surface area contributed by atoms with E-state index in [2.05, 4.69) is 37.5 Å². The molecular formula is C12H12BrN3OS2. The summed E-state index contributed by atoms with van der Waals surface area (Å²) < 4.78 is 1.94. The highest BCUT2D eigenvalue weighted by molar-refractivity contribution is 9.10. The number of anilines is 1. The lowest BCUT2D eigenvalue weighted by Gasteiger charge is -2.01. The van der Waals surface area contributed by atoms with Gasteiger partial charge in [-0.2, -0.15) is 0 Å². The Labute approximate surface area is 128 Å². The highest BCUT2D eigenvalue weighted by Gasteiger charge is 2.08. The van der Waals surface area contributed by atoms with E-state index in [0.717, 1.165) is 14.6 Å². The highest BCUT2D eigenvalue weighted by atomic mass is 79.9. The van der Waals surface area contributed by atoms with Crippen molar-refractivity contribution in [2.24, 2.45) is 0 Å². The lowest BCUT2D eigenvalue weighted by molar-refractivity contribution is -0.115. The van der Waals surface area contributed by atoms with Gasteiger partial charge in [-0.25, -0.2) is 0 Å². The number of nitrogens with one attached hydrogen (secondary N) is 1. The van der Waals surface area contributed by atoms with Crippen LogP contribution in [0.25, 0.3) is 0 Å². The van der Waals surface area contributed by atoms with Gasteiger partial charge in [0.2, 0.25) is 11.0 Å². The molecule has 0 saturated carbocycles. The molecule has 0 spiro atoms. The number of thioether (sulfide) groups is 1. The monoisotopic (exact) mass is 357 g/mol. The predicted octanol–water partition coefficient (Wildman–Crippen LogP) is 3.94. The van der Waals surface area contributed by atoms with Gasteiger partial charge in [0.15, 0.2) is 4.34 Å². The number of hydrogen-bond donors (Lipinski definition) is 1. The van der Waals surface area contributed by atoms with Crippen LogP contribution in [0.2, 0.25) is 0 Å². The summed E-state index contributed by atoms with van der Waals surface area (Å²) in [7, 11) is 0. The lowest BCUT2D eigenvalue weighted by atomic mass is 10.2. The Kier molecular flexibility index (Phi) is 5.35. The van der Waals surface area contributed by atoms with E-state index in [-0.39, 0.29) is 5.91 Å². The first-order valence-electron chi connectivity index (χ1n) is 5.68. The number of benzene rings is 1. The Bertz CT molecular complexity index is 574. The summed E-state index contributed by atoms with van der Waals surface area (Å²) in [5.41, 5.74) is 1.21. The number of carbonyl (C=O) groups excluding carboxylic acids is 1. The van der Waals surface area contributed by atoms with Crippen molar-refractivity contribution < 1.29 is 4.79 Å². The summed E-state index contributed by atoms with van der Waals surface area (Å²) in [5, 5.41) is 11.3. The topological polar surface area (TPSA) is 54.9 Å². The largest absolute Gasteiger partial charge is 0.301 e. The van der Waals surface area contributed by atoms with Gasteiger partial charge < -0.3 is 5.32 Å². The average molecular weight is 358 g/mol. The third-order valence-corrected chi connectivity index (χ3v) is 5.08. The normalized spacial score (nSPS) is 10.4. The van der Waals surface area contributed by atoms with Crippen molar-refractivity contribution in [3.63, 3.8) is 0 Å². The number of aromatic nitrogens is 2. The number of rotatable bonds is 5. The van der Waals surface area contributed by atoms with Crippen LogP contribution in [0.5, 0.6) is 0 Å². The Morgan fingerprint density at radius 3 is 2.95 bits per heavy atom. The molecular weight excluding hydrogens is 346 g/mol. The number of amides is 1. The number of hydrogen-bond acceptors (Lipinski definition) is 5. The maximum absolute atomic E-state index is 11.2. The van der Waals surface area contributed by atoms with Gasteiger partial charge >= 0.3 is 0 Å². The molecule has 0 radical (unpaired) electrons. The van der Waals surface area contributed by atoms with E-state index in [9.17, 15) is 4.79 Å². The number of halogens is 1. The van der Waals surface area contributed by atoms with Gasteiger partial charge in [0.05, 0.1) is 0 Å². The minimum atomic E-state index is -0.0431. The standard InChI is InChI=1S/C12H12BrN3OS2/c1-2-10(17)14-11-15-16-12(19-11)18-7-8-5-3-4-6-9(8)13/h3-6H,2,7H2,1H3,(H,14,15,17). The third kappa shape index (κ3) is 4.29. The molecule has 2 aromatic rings. The first kappa shape index (κ1) is 14.5. The summed E-state index contributed by atoms with van der Waals surface area (Å²) in [4.78, 5) is 11.2. The molecule has 1 N–H and O–H groups in total. The zero-order valence-electron chi connectivity index (χ0n) is 10.2. The second kappa shape index (κ2) is 7.02. The minimum Gasteiger partial charge on any atom is -0.301 e. The molecule has 19 heavy (non-hydrogen) atoms. The van der Waals surface area contributed by atoms with Crippen molar-refractivity contribution in [1.82, 2.24) is 10.2 Å². The molecule has 0 aliphatic heterocycles. The molecule has 2 rings (SSSR count). The van der Waals surface area contributed by atoms with Gasteiger partial charge in [0.1, 0.15) is 0 Å². The molecule has 1 aromatic carbocycles. The van der Waals surface area contributed by atoms with Gasteiger partial charge in [-0.05, 0) is 11.6 Å². The van der Waals surface area contributed by atoms with E-state index in [1.807, 2.05) is 18.2 Å². The lowest BCUT2D eigenvalue weighted by Crippen LogP contribution is -2.08. The van der Waals surface area contributed by atoms with E-state index in [4.69, 9.17) is 0 Å². The van der Waals surface area contributed by atoms with Gasteiger partial charge in [-0.3, -0.25) is 4.79 Å². The van der Waals surface area contributed by atoms with Gasteiger partial charge in [0, 0.05) is 16.6 Å². The SMILES string of the molecule is CCC(=O)Nc1nnc(SCc2ccccc2Br)s1. The minimum absolute atomic E-state index is 0.0431. The second-order valence-corrected chi connectivity index (χ2v) is 6.71. The summed E-state index contributed by atoms with van der Waals surface area (Å²) in [6.45, 7) is 1.80. The van der Waals surface area contributed by atoms with Crippen LogP contribution in [0, 0.1) is 0 Å². The summed E-state index contributed by atoms with van der Waals surface area (Å²) in [6.07, 6.45) is 0.443. The molecule has 0 unspecified atom stereocenters. The zero-order valence-corrected chi connectivity index (χ0v) is 13.4. The van der Waals surface area contributed by atoms with E-state index in [0.29, 0.717) is 11.6 Å². The Hall–Kier alpha value is -0.920. The molecule has 1 aromatic heterocycles. The molecule has 0 bridgehead atoms. The van der Waals surface area contributed by atoms with Crippen LogP contribution < -0.4 is 5.32 Å². The quantitative estimate of drug-likeness (QED) is 0.650. The fraction of sp³-hybridized carbons (Fsp3) is 0.250. The smallest absolute Gasteiger partial charge is 0.225 e. The fourth-order valence-corrected chi connectivity index (χ4v) is 3.66. The van der Waals surface area contributed by atoms with E-state index >= 15 is 0 Å². The molecule has 0 aliphatic carbocycles. The fourth-order valence-electron chi connectivity index (χ4n) is 1.28. The van der Waals surface area contributed by atoms with Crippen molar-refractivity contribution >= 4 is 50.1 Å². The molecule has 0 fully saturated rings. The van der Waals surface area contributed by atoms with E-state index < -0.39 is 0 Å². The van der Waals surface area contributed by atoms with Crippen molar-refractivity contribution in [3.8, 4) is 0 Å². The molecule has 0 aliphatic rings. The summed E-state index contributed by atoms with van der Waals surface area (Å²) in [6, 6.07) is 8.08. The van der Waals surface area contributed by atoms with E-state index in [1.54, 1.807) is 18.7 Å². The Balaban J connectivity index is 1.94. The van der Waals surface area contributed by atoms with Crippen LogP contribution in [-0.4, -0.2) is 16.1 Å². The predicted molar refractivity (Wildman–Crippen MR) is 82.5 cm³/mol. The Morgan fingerprint density at radius 2 is 2.21 bits per heavy atom. The van der Waals surface area contributed by atoms with Crippen LogP contribution in [0.15, 0.2) is 33.1 Å². The molecule has 0 atom stereocenters. The van der Waals surface area contributed by atoms with Crippen LogP contribution in [0.4, 0.5) is 5.13 Å². The molecule has 100 valence electrons. The Morgan fingerprint density at radius 1 is 1.42 bits per heavy atom. The number of carbonyl (C=O) groups is 1. The molecule has 4 nitrogen and oxygen atoms in total. The van der Waals surface area contributed by atoms with E-state index in [1.165, 1.54) is 16.9 Å². The van der Waals surface area contributed by atoms with Crippen LogP contribution in [-0.2, 0) is 10.5 Å². The summed E-state index contributed by atoms with van der Waals surface area (Å²) in [5.74, 6) is 0.774. The molecule has 1 amide bonds. The van der Waals surface area contributed by atoms with Crippen LogP contribution in [0.3, 0.4) is 0 Å². The van der Waals surface area contributed by atoms with Crippen LogP contribution >= 0.6 is 39.0 Å². The van der Waals surface area contributed by atoms with Gasteiger partial charge in [0.25, 0.3) is 0 Å². The number of nitrogens with zero attached hydrogens (tertiary/aromatic N) is 2. The van der Waals surface area contributed by atoms with Gasteiger partial charge in [-0.1, -0.05) is 64.2 Å². The van der Waals surface area contributed by atoms with Crippen LogP contribution in [0.1, 0.15) is 18.9 Å². The zero-order chi connectivity index (χ0) is 13.7. The summed E-state index contributed by atoms with van der Waals surface area (Å²) >= 11 is 6.52. The maximum Gasteiger partial charge on any atom is 0.225 e. The van der Waals surface area contributed by atoms with Crippen molar-refractivity contribution in [3.05, 3.63) is 34.3 Å². The molecule has 1 heterocycles. The highest BCUT2D eigenvalue weighted by Crippen LogP contribution is 2.30. The van der Waals surface area contributed by atoms with Crippen molar-refractivity contribution in [2.75, 3.05) is 5.32 Å². The molecule has 0 saturated heterocycles. The molecule has 7 heteroatoms. The second-order valence-electron chi connectivity index (χ2n) is 3.65. The third-order valence-electron chi connectivity index (χ3n) is 2.28. The van der Waals surface area contributed by atoms with Crippen molar-refractivity contribution in [2.45, 2.75) is 23.4 Å².